The molecule has 21 heavy (non-hydrogen) atoms. The van der Waals surface area contributed by atoms with Crippen molar-refractivity contribution in [2.75, 3.05) is 7.11 Å². The van der Waals surface area contributed by atoms with Gasteiger partial charge in [0.25, 0.3) is 5.56 Å². The van der Waals surface area contributed by atoms with Gasteiger partial charge in [0.15, 0.2) is 5.16 Å². The monoisotopic (exact) mass is 368 g/mol. The maximum Gasteiger partial charge on any atom is 0.311 e. The molecule has 0 saturated carbocycles. The van der Waals surface area contributed by atoms with E-state index in [1.54, 1.807) is 0 Å². The Bertz CT molecular complexity index is 703. The molecule has 0 radical (unpaired) electrons. The molecule has 2 aromatic rings. The summed E-state index contributed by atoms with van der Waals surface area (Å²) in [7, 11) is 1.30. The van der Waals surface area contributed by atoms with Crippen LogP contribution < -0.4 is 5.56 Å². The molecule has 0 aliphatic carbocycles. The summed E-state index contributed by atoms with van der Waals surface area (Å²) in [4.78, 5) is 29.7. The second kappa shape index (κ2) is 7.42. The molecule has 2 rings (SSSR count). The molecule has 1 aromatic carbocycles. The average molecular weight is 369 g/mol. The molecule has 0 bridgehead atoms. The summed E-state index contributed by atoms with van der Waals surface area (Å²) < 4.78 is 5.57. The van der Waals surface area contributed by atoms with Crippen LogP contribution in [0.15, 0.2) is 44.8 Å². The summed E-state index contributed by atoms with van der Waals surface area (Å²) in [5.41, 5.74) is 1.23. The van der Waals surface area contributed by atoms with Crippen molar-refractivity contribution in [3.05, 3.63) is 56.4 Å². The predicted molar refractivity (Wildman–Crippen MR) is 84.3 cm³/mol. The average Bonchev–Trinajstić information content (AvgIpc) is 2.44. The van der Waals surface area contributed by atoms with Gasteiger partial charge in [-0.05, 0) is 17.7 Å². The molecular formula is C14H13BrN2O3S. The van der Waals surface area contributed by atoms with E-state index in [2.05, 4.69) is 30.6 Å². The van der Waals surface area contributed by atoms with Crippen LogP contribution in [-0.4, -0.2) is 23.0 Å². The molecule has 7 heteroatoms. The molecule has 110 valence electrons. The highest BCUT2D eigenvalue weighted by molar-refractivity contribution is 9.10. The van der Waals surface area contributed by atoms with E-state index in [-0.39, 0.29) is 12.0 Å². The number of halogens is 1. The Morgan fingerprint density at radius 1 is 1.43 bits per heavy atom. The number of thioether (sulfide) groups is 1. The first-order valence-electron chi connectivity index (χ1n) is 6.11. The smallest absolute Gasteiger partial charge is 0.311 e. The molecule has 0 amide bonds. The van der Waals surface area contributed by atoms with Crippen LogP contribution in [0, 0.1) is 0 Å². The zero-order chi connectivity index (χ0) is 15.2. The van der Waals surface area contributed by atoms with Crippen molar-refractivity contribution in [3.63, 3.8) is 0 Å². The zero-order valence-corrected chi connectivity index (χ0v) is 13.7. The highest BCUT2D eigenvalue weighted by Gasteiger charge is 2.08. The van der Waals surface area contributed by atoms with Gasteiger partial charge < -0.3 is 9.72 Å². The van der Waals surface area contributed by atoms with Crippen LogP contribution in [0.4, 0.5) is 0 Å². The van der Waals surface area contributed by atoms with E-state index in [1.165, 1.54) is 24.9 Å². The standard InChI is InChI=1S/C14H13BrN2O3S/c1-20-13(19)7-11-6-12(18)17-14(16-11)21-8-9-3-2-4-10(15)5-9/h2-6H,7-8H2,1H3,(H,16,17,18). The Kier molecular flexibility index (Phi) is 5.58. The topological polar surface area (TPSA) is 72.1 Å². The van der Waals surface area contributed by atoms with Crippen LogP contribution in [-0.2, 0) is 21.7 Å². The van der Waals surface area contributed by atoms with Gasteiger partial charge in [-0.2, -0.15) is 0 Å². The van der Waals surface area contributed by atoms with Crippen LogP contribution >= 0.6 is 27.7 Å². The van der Waals surface area contributed by atoms with Crippen molar-refractivity contribution in [3.8, 4) is 0 Å². The SMILES string of the molecule is COC(=O)Cc1cc(=O)[nH]c(SCc2cccc(Br)c2)n1. The van der Waals surface area contributed by atoms with Gasteiger partial charge >= 0.3 is 5.97 Å². The predicted octanol–water partition coefficient (Wildman–Crippen LogP) is 2.54. The molecule has 0 spiro atoms. The van der Waals surface area contributed by atoms with Crippen molar-refractivity contribution >= 4 is 33.7 Å². The number of benzene rings is 1. The number of nitrogens with zero attached hydrogens (tertiary/aromatic N) is 1. The van der Waals surface area contributed by atoms with Crippen molar-refractivity contribution in [2.24, 2.45) is 0 Å². The first kappa shape index (κ1) is 15.8. The lowest BCUT2D eigenvalue weighted by Crippen LogP contribution is -2.13. The Hall–Kier alpha value is -1.60. The fourth-order valence-electron chi connectivity index (χ4n) is 1.64. The number of H-pyrrole nitrogens is 1. The second-order valence-electron chi connectivity index (χ2n) is 4.21. The molecule has 1 N–H and O–H groups in total. The van der Waals surface area contributed by atoms with Gasteiger partial charge in [-0.25, -0.2) is 4.98 Å². The van der Waals surface area contributed by atoms with Crippen LogP contribution in [0.2, 0.25) is 0 Å². The third-order valence-corrected chi connectivity index (χ3v) is 4.03. The van der Waals surface area contributed by atoms with E-state index in [0.717, 1.165) is 10.0 Å². The van der Waals surface area contributed by atoms with Gasteiger partial charge in [0.05, 0.1) is 19.2 Å². The highest BCUT2D eigenvalue weighted by atomic mass is 79.9. The zero-order valence-electron chi connectivity index (χ0n) is 11.3. The summed E-state index contributed by atoms with van der Waals surface area (Å²) in [6.07, 6.45) is -0.00906. The summed E-state index contributed by atoms with van der Waals surface area (Å²) >= 11 is 4.82. The number of nitrogens with one attached hydrogen (secondary N) is 1. The van der Waals surface area contributed by atoms with Crippen molar-refractivity contribution < 1.29 is 9.53 Å². The van der Waals surface area contributed by atoms with E-state index in [0.29, 0.717) is 16.6 Å². The fraction of sp³-hybridized carbons (Fsp3) is 0.214. The molecule has 5 nitrogen and oxygen atoms in total. The lowest BCUT2D eigenvalue weighted by Gasteiger charge is -2.04. The number of carbonyl (C=O) groups is 1. The van der Waals surface area contributed by atoms with E-state index in [1.807, 2.05) is 24.3 Å². The molecule has 0 unspecified atom stereocenters. The maximum absolute atomic E-state index is 11.6. The number of ether oxygens (including phenoxy) is 1. The maximum atomic E-state index is 11.6. The normalized spacial score (nSPS) is 10.4. The minimum atomic E-state index is -0.420. The van der Waals surface area contributed by atoms with Gasteiger partial charge in [0, 0.05) is 16.3 Å². The molecule has 0 aliphatic rings. The number of hydrogen-bond donors (Lipinski definition) is 1. The Labute approximate surface area is 134 Å². The van der Waals surface area contributed by atoms with Crippen LogP contribution in [0.5, 0.6) is 0 Å². The summed E-state index contributed by atoms with van der Waals surface area (Å²) in [6.45, 7) is 0. The fourth-order valence-corrected chi connectivity index (χ4v) is 2.93. The first-order valence-corrected chi connectivity index (χ1v) is 7.89. The number of carbonyl (C=O) groups excluding carboxylic acids is 1. The Morgan fingerprint density at radius 3 is 2.95 bits per heavy atom. The van der Waals surface area contributed by atoms with E-state index in [9.17, 15) is 9.59 Å². The van der Waals surface area contributed by atoms with Gasteiger partial charge in [-0.15, -0.1) is 0 Å². The molecule has 0 fully saturated rings. The molecule has 1 aromatic heterocycles. The van der Waals surface area contributed by atoms with E-state index >= 15 is 0 Å². The second-order valence-corrected chi connectivity index (χ2v) is 6.09. The number of esters is 1. The van der Waals surface area contributed by atoms with E-state index in [4.69, 9.17) is 0 Å². The largest absolute Gasteiger partial charge is 0.469 e. The summed E-state index contributed by atoms with van der Waals surface area (Å²) in [5, 5.41) is 0.487. The third-order valence-electron chi connectivity index (χ3n) is 2.59. The van der Waals surface area contributed by atoms with Gasteiger partial charge in [-0.1, -0.05) is 39.8 Å². The number of rotatable bonds is 5. The first-order chi connectivity index (χ1) is 10.1. The van der Waals surface area contributed by atoms with Crippen LogP contribution in [0.3, 0.4) is 0 Å². The Balaban J connectivity index is 2.09. The van der Waals surface area contributed by atoms with Gasteiger partial charge in [-0.3, -0.25) is 9.59 Å². The number of methoxy groups -OCH3 is 1. The molecule has 0 atom stereocenters. The Morgan fingerprint density at radius 2 is 2.24 bits per heavy atom. The van der Waals surface area contributed by atoms with Crippen molar-refractivity contribution in [1.82, 2.24) is 9.97 Å². The van der Waals surface area contributed by atoms with E-state index < -0.39 is 5.97 Å². The van der Waals surface area contributed by atoms with Crippen LogP contribution in [0.25, 0.3) is 0 Å². The van der Waals surface area contributed by atoms with Gasteiger partial charge in [0.1, 0.15) is 0 Å². The molecule has 0 saturated heterocycles. The van der Waals surface area contributed by atoms with Gasteiger partial charge in [0.2, 0.25) is 0 Å². The molecule has 1 heterocycles. The minimum Gasteiger partial charge on any atom is -0.469 e. The molecular weight excluding hydrogens is 356 g/mol. The van der Waals surface area contributed by atoms with Crippen molar-refractivity contribution in [1.29, 1.82) is 0 Å². The number of aromatic amines is 1. The number of hydrogen-bond acceptors (Lipinski definition) is 5. The number of aromatic nitrogens is 2. The summed E-state index contributed by atoms with van der Waals surface area (Å²) in [5.74, 6) is 0.250. The lowest BCUT2D eigenvalue weighted by atomic mass is 10.2. The minimum absolute atomic E-state index is 0.00906. The molecule has 0 aliphatic heterocycles. The van der Waals surface area contributed by atoms with Crippen LogP contribution in [0.1, 0.15) is 11.3 Å². The third kappa shape index (κ3) is 5.02. The quantitative estimate of drug-likeness (QED) is 0.498. The highest BCUT2D eigenvalue weighted by Crippen LogP contribution is 2.20. The lowest BCUT2D eigenvalue weighted by molar-refractivity contribution is -0.139. The van der Waals surface area contributed by atoms with Crippen molar-refractivity contribution in [2.45, 2.75) is 17.3 Å². The summed E-state index contributed by atoms with van der Waals surface area (Å²) in [6, 6.07) is 9.20.